The van der Waals surface area contributed by atoms with Gasteiger partial charge in [0.1, 0.15) is 0 Å². The second-order valence-corrected chi connectivity index (χ2v) is 10.0. The predicted molar refractivity (Wildman–Crippen MR) is 103 cm³/mol. The van der Waals surface area contributed by atoms with Crippen molar-refractivity contribution in [2.24, 2.45) is 5.92 Å². The number of hydrogen-bond donors (Lipinski definition) is 0. The van der Waals surface area contributed by atoms with Crippen LogP contribution in [0.25, 0.3) is 0 Å². The number of amides is 1. The van der Waals surface area contributed by atoms with Gasteiger partial charge in [-0.15, -0.1) is 0 Å². The Balaban J connectivity index is 1.53. The molecule has 0 radical (unpaired) electrons. The standard InChI is InChI=1S/C20H28N2O3S/c1-26(24,25)22-12-11-16-13-17(7-10-19(16)22)20(23)21(18-8-9-18)14-15-5-3-2-4-6-15/h7,10,13,15,18H,2-6,8-9,11-12,14H2,1H3. The fourth-order valence-electron chi connectivity index (χ4n) is 4.45. The van der Waals surface area contributed by atoms with E-state index in [2.05, 4.69) is 4.90 Å². The summed E-state index contributed by atoms with van der Waals surface area (Å²) < 4.78 is 25.2. The van der Waals surface area contributed by atoms with Crippen LogP contribution in [0.1, 0.15) is 60.9 Å². The first kappa shape index (κ1) is 17.8. The summed E-state index contributed by atoms with van der Waals surface area (Å²) in [5.74, 6) is 0.766. The van der Waals surface area contributed by atoms with E-state index in [9.17, 15) is 13.2 Å². The lowest BCUT2D eigenvalue weighted by molar-refractivity contribution is 0.0699. The molecule has 1 aliphatic heterocycles. The number of anilines is 1. The number of carbonyl (C=O) groups is 1. The molecule has 5 nitrogen and oxygen atoms in total. The predicted octanol–water partition coefficient (Wildman–Crippen LogP) is 3.19. The van der Waals surface area contributed by atoms with Gasteiger partial charge in [-0.05, 0) is 61.8 Å². The highest BCUT2D eigenvalue weighted by Crippen LogP contribution is 2.34. The van der Waals surface area contributed by atoms with Gasteiger partial charge in [0.25, 0.3) is 5.91 Å². The molecule has 0 atom stereocenters. The van der Waals surface area contributed by atoms with E-state index in [1.807, 2.05) is 12.1 Å². The summed E-state index contributed by atoms with van der Waals surface area (Å²) >= 11 is 0. The van der Waals surface area contributed by atoms with Crippen molar-refractivity contribution in [1.82, 2.24) is 4.90 Å². The van der Waals surface area contributed by atoms with Crippen molar-refractivity contribution in [1.29, 1.82) is 0 Å². The van der Waals surface area contributed by atoms with Crippen molar-refractivity contribution >= 4 is 21.6 Å². The van der Waals surface area contributed by atoms with Crippen molar-refractivity contribution in [2.75, 3.05) is 23.7 Å². The summed E-state index contributed by atoms with van der Waals surface area (Å²) in [5, 5.41) is 0. The third-order valence-electron chi connectivity index (χ3n) is 6.01. The summed E-state index contributed by atoms with van der Waals surface area (Å²) in [4.78, 5) is 15.3. The van der Waals surface area contributed by atoms with E-state index in [4.69, 9.17) is 0 Å². The van der Waals surface area contributed by atoms with Gasteiger partial charge >= 0.3 is 0 Å². The molecule has 0 bridgehead atoms. The van der Waals surface area contributed by atoms with Crippen LogP contribution >= 0.6 is 0 Å². The first-order valence-electron chi connectivity index (χ1n) is 9.85. The zero-order chi connectivity index (χ0) is 18.3. The third kappa shape index (κ3) is 3.61. The van der Waals surface area contributed by atoms with Gasteiger partial charge in [0, 0.05) is 24.7 Å². The minimum Gasteiger partial charge on any atom is -0.335 e. The number of hydrogen-bond acceptors (Lipinski definition) is 3. The molecule has 2 fully saturated rings. The molecule has 0 saturated heterocycles. The molecule has 1 aromatic carbocycles. The first-order chi connectivity index (χ1) is 12.4. The number of carbonyl (C=O) groups excluding carboxylic acids is 1. The Morgan fingerprint density at radius 2 is 1.88 bits per heavy atom. The second kappa shape index (κ2) is 6.87. The van der Waals surface area contributed by atoms with E-state index in [1.54, 1.807) is 6.07 Å². The van der Waals surface area contributed by atoms with E-state index in [-0.39, 0.29) is 5.91 Å². The Labute approximate surface area is 156 Å². The van der Waals surface area contributed by atoms with Crippen molar-refractivity contribution < 1.29 is 13.2 Å². The van der Waals surface area contributed by atoms with E-state index in [1.165, 1.54) is 42.7 Å². The summed E-state index contributed by atoms with van der Waals surface area (Å²) in [6.45, 7) is 1.36. The summed E-state index contributed by atoms with van der Waals surface area (Å²) in [6, 6.07) is 5.94. The largest absolute Gasteiger partial charge is 0.335 e. The van der Waals surface area contributed by atoms with Crippen LogP contribution in [0.15, 0.2) is 18.2 Å². The molecule has 142 valence electrons. The third-order valence-corrected chi connectivity index (χ3v) is 7.19. The molecule has 2 aliphatic carbocycles. The lowest BCUT2D eigenvalue weighted by Crippen LogP contribution is -2.37. The van der Waals surface area contributed by atoms with Crippen LogP contribution in [0.5, 0.6) is 0 Å². The fourth-order valence-corrected chi connectivity index (χ4v) is 5.41. The number of fused-ring (bicyclic) bond motifs is 1. The minimum atomic E-state index is -3.25. The average molecular weight is 377 g/mol. The van der Waals surface area contributed by atoms with Crippen molar-refractivity contribution in [3.8, 4) is 0 Å². The van der Waals surface area contributed by atoms with E-state index < -0.39 is 10.0 Å². The molecule has 0 aromatic heterocycles. The van der Waals surface area contributed by atoms with Crippen LogP contribution < -0.4 is 4.31 Å². The Bertz CT molecular complexity index is 795. The van der Waals surface area contributed by atoms with Gasteiger partial charge in [-0.2, -0.15) is 0 Å². The van der Waals surface area contributed by atoms with Crippen molar-refractivity contribution in [3.05, 3.63) is 29.3 Å². The minimum absolute atomic E-state index is 0.124. The molecule has 1 heterocycles. The number of sulfonamides is 1. The molecule has 1 aromatic rings. The van der Waals surface area contributed by atoms with E-state index >= 15 is 0 Å². The quantitative estimate of drug-likeness (QED) is 0.793. The van der Waals surface area contributed by atoms with Crippen LogP contribution in [0.2, 0.25) is 0 Å². The van der Waals surface area contributed by atoms with Crippen LogP contribution in [0.3, 0.4) is 0 Å². The molecule has 2 saturated carbocycles. The lowest BCUT2D eigenvalue weighted by atomic mass is 9.88. The Morgan fingerprint density at radius 3 is 2.54 bits per heavy atom. The lowest BCUT2D eigenvalue weighted by Gasteiger charge is -2.30. The Kier molecular flexibility index (Phi) is 4.71. The van der Waals surface area contributed by atoms with Gasteiger partial charge in [-0.1, -0.05) is 19.3 Å². The molecular formula is C20H28N2O3S. The van der Waals surface area contributed by atoms with Gasteiger partial charge < -0.3 is 4.90 Å². The smallest absolute Gasteiger partial charge is 0.254 e. The molecular weight excluding hydrogens is 348 g/mol. The van der Waals surface area contributed by atoms with Crippen LogP contribution in [0.4, 0.5) is 5.69 Å². The maximum Gasteiger partial charge on any atom is 0.254 e. The molecule has 0 N–H and O–H groups in total. The SMILES string of the molecule is CS(=O)(=O)N1CCc2cc(C(=O)N(CC3CCCCC3)C3CC3)ccc21. The molecule has 3 aliphatic rings. The molecule has 4 rings (SSSR count). The molecule has 6 heteroatoms. The van der Waals surface area contributed by atoms with Crippen LogP contribution in [0, 0.1) is 5.92 Å². The topological polar surface area (TPSA) is 57.7 Å². The fraction of sp³-hybridized carbons (Fsp3) is 0.650. The van der Waals surface area contributed by atoms with E-state index in [0.717, 1.165) is 30.6 Å². The Morgan fingerprint density at radius 1 is 1.15 bits per heavy atom. The first-order valence-corrected chi connectivity index (χ1v) is 11.7. The molecule has 26 heavy (non-hydrogen) atoms. The summed E-state index contributed by atoms with van der Waals surface area (Å²) in [5.41, 5.74) is 2.41. The maximum atomic E-state index is 13.2. The van der Waals surface area contributed by atoms with Gasteiger partial charge in [-0.25, -0.2) is 8.42 Å². The van der Waals surface area contributed by atoms with Gasteiger partial charge in [-0.3, -0.25) is 9.10 Å². The number of benzene rings is 1. The van der Waals surface area contributed by atoms with Crippen LogP contribution in [-0.2, 0) is 16.4 Å². The van der Waals surface area contributed by atoms with Crippen molar-refractivity contribution in [3.63, 3.8) is 0 Å². The Hall–Kier alpha value is -1.56. The molecule has 1 amide bonds. The highest BCUT2D eigenvalue weighted by Gasteiger charge is 2.35. The van der Waals surface area contributed by atoms with Gasteiger partial charge in [0.2, 0.25) is 10.0 Å². The highest BCUT2D eigenvalue weighted by molar-refractivity contribution is 7.92. The van der Waals surface area contributed by atoms with E-state index in [0.29, 0.717) is 30.5 Å². The molecule has 0 unspecified atom stereocenters. The zero-order valence-electron chi connectivity index (χ0n) is 15.5. The normalized spacial score (nSPS) is 20.9. The summed E-state index contributed by atoms with van der Waals surface area (Å²) in [6.07, 6.45) is 10.5. The monoisotopic (exact) mass is 376 g/mol. The number of nitrogens with zero attached hydrogens (tertiary/aromatic N) is 2. The zero-order valence-corrected chi connectivity index (χ0v) is 16.3. The molecule has 0 spiro atoms. The van der Waals surface area contributed by atoms with Gasteiger partial charge in [0.05, 0.1) is 11.9 Å². The van der Waals surface area contributed by atoms with Crippen molar-refractivity contribution in [2.45, 2.75) is 57.4 Å². The second-order valence-electron chi connectivity index (χ2n) is 8.12. The summed E-state index contributed by atoms with van der Waals surface area (Å²) in [7, 11) is -3.25. The average Bonchev–Trinajstić information content (AvgIpc) is 3.36. The maximum absolute atomic E-state index is 13.2. The van der Waals surface area contributed by atoms with Gasteiger partial charge in [0.15, 0.2) is 0 Å². The van der Waals surface area contributed by atoms with Crippen LogP contribution in [-0.4, -0.2) is 44.6 Å². The number of rotatable bonds is 5. The highest BCUT2D eigenvalue weighted by atomic mass is 32.2.